The van der Waals surface area contributed by atoms with Gasteiger partial charge in [0.1, 0.15) is 23.5 Å². The molecule has 3 saturated carbocycles. The number of likely N-dealkylation sites (tertiary alicyclic amines) is 1. The summed E-state index contributed by atoms with van der Waals surface area (Å²) in [4.78, 5) is 12.2. The van der Waals surface area contributed by atoms with Crippen molar-refractivity contribution in [3.05, 3.63) is 23.5 Å². The fraction of sp³-hybridized carbons (Fsp3) is 0.762. The van der Waals surface area contributed by atoms with Gasteiger partial charge in [-0.05, 0) is 18.4 Å². The van der Waals surface area contributed by atoms with E-state index < -0.39 is 34.8 Å². The number of piperidine rings is 1. The SMILES string of the molecule is C[N+]1(CC2CC2)CC[C@]23C4=C5O[C@H]2[C@](O)(C(=O)O)C[C@@]3(O)[C@H]1CC4C=CC5O. The van der Waals surface area contributed by atoms with E-state index in [1.54, 1.807) is 6.08 Å². The maximum atomic E-state index is 12.2. The monoisotopic (exact) mass is 390 g/mol. The zero-order valence-corrected chi connectivity index (χ0v) is 16.0. The molecule has 28 heavy (non-hydrogen) atoms. The van der Waals surface area contributed by atoms with Crippen LogP contribution in [0.3, 0.4) is 0 Å². The van der Waals surface area contributed by atoms with Gasteiger partial charge in [-0.2, -0.15) is 0 Å². The number of hydrogen-bond donors (Lipinski definition) is 4. The zero-order valence-electron chi connectivity index (χ0n) is 16.0. The van der Waals surface area contributed by atoms with Gasteiger partial charge in [0.25, 0.3) is 0 Å². The van der Waals surface area contributed by atoms with Gasteiger partial charge in [0, 0.05) is 31.1 Å². The summed E-state index contributed by atoms with van der Waals surface area (Å²) in [6.45, 7) is 1.81. The Morgan fingerprint density at radius 2 is 2.07 bits per heavy atom. The van der Waals surface area contributed by atoms with Crippen LogP contribution in [0, 0.1) is 17.3 Å². The smallest absolute Gasteiger partial charge is 0.339 e. The minimum atomic E-state index is -2.16. The normalized spacial score (nSPS) is 55.9. The molecule has 8 atom stereocenters. The van der Waals surface area contributed by atoms with Crippen LogP contribution in [-0.2, 0) is 9.53 Å². The Morgan fingerprint density at radius 1 is 1.32 bits per heavy atom. The van der Waals surface area contributed by atoms with Crippen LogP contribution in [0.1, 0.15) is 32.1 Å². The van der Waals surface area contributed by atoms with Crippen LogP contribution in [-0.4, -0.2) is 80.5 Å². The van der Waals surface area contributed by atoms with E-state index in [0.717, 1.165) is 23.1 Å². The lowest BCUT2D eigenvalue weighted by atomic mass is 9.51. The number of quaternary nitrogens is 1. The molecule has 3 unspecified atom stereocenters. The number of aliphatic carboxylic acids is 1. The number of allylic oxidation sites excluding steroid dienone is 1. The van der Waals surface area contributed by atoms with Gasteiger partial charge < -0.3 is 29.6 Å². The number of carbonyl (C=O) groups is 1. The molecule has 2 bridgehead atoms. The van der Waals surface area contributed by atoms with E-state index in [2.05, 4.69) is 7.05 Å². The van der Waals surface area contributed by atoms with Crippen LogP contribution in [0.5, 0.6) is 0 Å². The van der Waals surface area contributed by atoms with Gasteiger partial charge in [0.05, 0.1) is 25.6 Å². The van der Waals surface area contributed by atoms with Crippen molar-refractivity contribution in [3.8, 4) is 0 Å². The fourth-order valence-corrected chi connectivity index (χ4v) is 7.63. The molecule has 0 aromatic heterocycles. The number of rotatable bonds is 3. The van der Waals surface area contributed by atoms with Gasteiger partial charge in [-0.3, -0.25) is 0 Å². The van der Waals surface area contributed by atoms with Crippen molar-refractivity contribution in [1.29, 1.82) is 0 Å². The predicted molar refractivity (Wildman–Crippen MR) is 96.8 cm³/mol. The number of hydrogen-bond acceptors (Lipinski definition) is 5. The summed E-state index contributed by atoms with van der Waals surface area (Å²) in [5, 5.41) is 43.9. The van der Waals surface area contributed by atoms with Crippen molar-refractivity contribution >= 4 is 5.97 Å². The molecule has 0 aromatic carbocycles. The molecule has 6 aliphatic rings. The third-order valence-corrected chi connectivity index (χ3v) is 8.89. The molecule has 0 aromatic rings. The number of ether oxygens (including phenoxy) is 1. The molecule has 2 heterocycles. The maximum absolute atomic E-state index is 12.2. The van der Waals surface area contributed by atoms with Gasteiger partial charge in [-0.15, -0.1) is 0 Å². The highest BCUT2D eigenvalue weighted by atomic mass is 16.5. The minimum absolute atomic E-state index is 0.0155. The van der Waals surface area contributed by atoms with E-state index >= 15 is 0 Å². The van der Waals surface area contributed by atoms with Crippen molar-refractivity contribution in [3.63, 3.8) is 0 Å². The average molecular weight is 390 g/mol. The Morgan fingerprint density at radius 3 is 2.75 bits per heavy atom. The molecular formula is C21H28NO6+. The van der Waals surface area contributed by atoms with E-state index in [0.29, 0.717) is 24.5 Å². The first-order valence-electron chi connectivity index (χ1n) is 10.5. The number of aliphatic hydroxyl groups excluding tert-OH is 1. The first kappa shape index (κ1) is 17.4. The standard InChI is InChI=1S/C21H27NO6/c1-22(9-11-2-3-11)7-6-19-15-12-4-5-13(23)16(15)28-17(19)20(26,18(24)25)10-21(19,27)14(22)8-12/h4-5,11-14,17,23,26-27H,2-3,6-10H2,1H3/p+1/t12?,13?,14-,17-,19+,20+,21-,22?/m1/s1. The van der Waals surface area contributed by atoms with Gasteiger partial charge in [0.15, 0.2) is 6.10 Å². The van der Waals surface area contributed by atoms with E-state index in [1.165, 1.54) is 12.8 Å². The maximum Gasteiger partial charge on any atom is 0.339 e. The van der Waals surface area contributed by atoms with Crippen LogP contribution < -0.4 is 0 Å². The zero-order chi connectivity index (χ0) is 19.7. The van der Waals surface area contributed by atoms with Gasteiger partial charge in [0.2, 0.25) is 5.60 Å². The first-order chi connectivity index (χ1) is 13.2. The van der Waals surface area contributed by atoms with E-state index in [4.69, 9.17) is 4.74 Å². The molecular weight excluding hydrogens is 362 g/mol. The third-order valence-electron chi connectivity index (χ3n) is 8.89. The van der Waals surface area contributed by atoms with Crippen molar-refractivity contribution < 1.29 is 34.4 Å². The highest BCUT2D eigenvalue weighted by Crippen LogP contribution is 2.72. The van der Waals surface area contributed by atoms with Crippen LogP contribution in [0.4, 0.5) is 0 Å². The quantitative estimate of drug-likeness (QED) is 0.404. The molecule has 152 valence electrons. The van der Waals surface area contributed by atoms with Gasteiger partial charge in [-0.1, -0.05) is 12.2 Å². The summed E-state index contributed by atoms with van der Waals surface area (Å²) in [7, 11) is 2.19. The molecule has 2 aliphatic heterocycles. The largest absolute Gasteiger partial charge is 0.487 e. The molecule has 4 N–H and O–H groups in total. The molecule has 1 spiro atoms. The number of aliphatic hydroxyl groups is 3. The second kappa shape index (κ2) is 4.83. The fourth-order valence-electron chi connectivity index (χ4n) is 7.63. The lowest BCUT2D eigenvalue weighted by molar-refractivity contribution is -0.952. The summed E-state index contributed by atoms with van der Waals surface area (Å²) >= 11 is 0. The summed E-state index contributed by atoms with van der Waals surface area (Å²) < 4.78 is 6.77. The molecule has 4 aliphatic carbocycles. The minimum Gasteiger partial charge on any atom is -0.487 e. The predicted octanol–water partition coefficient (Wildman–Crippen LogP) is 0.156. The van der Waals surface area contributed by atoms with Crippen LogP contribution in [0.15, 0.2) is 23.5 Å². The summed E-state index contributed by atoms with van der Waals surface area (Å²) in [6, 6.07) is -0.158. The van der Waals surface area contributed by atoms with Crippen LogP contribution in [0.2, 0.25) is 0 Å². The van der Waals surface area contributed by atoms with Crippen molar-refractivity contribution in [2.45, 2.75) is 61.6 Å². The van der Waals surface area contributed by atoms with Gasteiger partial charge in [-0.25, -0.2) is 4.79 Å². The molecule has 7 nitrogen and oxygen atoms in total. The lowest BCUT2D eigenvalue weighted by Crippen LogP contribution is -2.75. The summed E-state index contributed by atoms with van der Waals surface area (Å²) in [6.07, 6.45) is 5.18. The summed E-state index contributed by atoms with van der Waals surface area (Å²) in [5.74, 6) is -0.293. The molecule has 0 radical (unpaired) electrons. The van der Waals surface area contributed by atoms with E-state index in [1.807, 2.05) is 6.08 Å². The Bertz CT molecular complexity index is 850. The molecule has 6 rings (SSSR count). The second-order valence-electron chi connectivity index (χ2n) is 10.3. The Labute approximate surface area is 163 Å². The van der Waals surface area contributed by atoms with E-state index in [-0.39, 0.29) is 18.4 Å². The first-order valence-corrected chi connectivity index (χ1v) is 10.5. The van der Waals surface area contributed by atoms with Crippen LogP contribution >= 0.6 is 0 Å². The summed E-state index contributed by atoms with van der Waals surface area (Å²) in [5.41, 5.74) is -3.60. The topological polar surface area (TPSA) is 107 Å². The lowest BCUT2D eigenvalue weighted by Gasteiger charge is -2.62. The van der Waals surface area contributed by atoms with Crippen molar-refractivity contribution in [2.24, 2.45) is 17.3 Å². The molecule has 7 heteroatoms. The van der Waals surface area contributed by atoms with Crippen molar-refractivity contribution in [2.75, 3.05) is 20.1 Å². The van der Waals surface area contributed by atoms with E-state index in [9.17, 15) is 25.2 Å². The second-order valence-corrected chi connectivity index (χ2v) is 10.3. The number of carboxylic acids is 1. The van der Waals surface area contributed by atoms with Crippen LogP contribution in [0.25, 0.3) is 0 Å². The molecule has 0 amide bonds. The Balaban J connectivity index is 1.57. The number of carboxylic acid groups (broad SMARTS) is 1. The third kappa shape index (κ3) is 1.70. The highest BCUT2D eigenvalue weighted by Gasteiger charge is 2.85. The Kier molecular flexibility index (Phi) is 3.01. The highest BCUT2D eigenvalue weighted by molar-refractivity contribution is 5.80. The number of nitrogens with zero attached hydrogens (tertiary/aromatic N) is 1. The number of likely N-dealkylation sites (N-methyl/N-ethyl adjacent to an activating group) is 1. The average Bonchev–Trinajstić information content (AvgIpc) is 3.29. The molecule has 4 fully saturated rings. The Hall–Kier alpha value is -1.41. The van der Waals surface area contributed by atoms with Gasteiger partial charge >= 0.3 is 5.97 Å². The molecule has 1 saturated heterocycles. The van der Waals surface area contributed by atoms with Crippen molar-refractivity contribution in [1.82, 2.24) is 0 Å².